The van der Waals surface area contributed by atoms with Crippen molar-refractivity contribution in [3.63, 3.8) is 0 Å². The molecule has 1 aromatic rings. The van der Waals surface area contributed by atoms with Crippen molar-refractivity contribution in [3.05, 3.63) is 16.5 Å². The molecule has 1 heterocycles. The summed E-state index contributed by atoms with van der Waals surface area (Å²) in [5.41, 5.74) is 0.301. The van der Waals surface area contributed by atoms with Gasteiger partial charge in [0.05, 0.1) is 5.56 Å². The van der Waals surface area contributed by atoms with Crippen molar-refractivity contribution in [2.24, 2.45) is 5.92 Å². The second kappa shape index (κ2) is 8.07. The molecule has 0 atom stereocenters. The van der Waals surface area contributed by atoms with Gasteiger partial charge in [0.1, 0.15) is 16.8 Å². The predicted octanol–water partition coefficient (Wildman–Crippen LogP) is 2.73. The Balaban J connectivity index is 2.43. The highest BCUT2D eigenvalue weighted by Crippen LogP contribution is 2.18. The molecule has 0 aromatic carbocycles. The van der Waals surface area contributed by atoms with E-state index in [4.69, 9.17) is 16.3 Å². The van der Waals surface area contributed by atoms with Gasteiger partial charge in [-0.15, -0.1) is 0 Å². The minimum absolute atomic E-state index is 0.182. The molecule has 0 fully saturated rings. The maximum absolute atomic E-state index is 10.9. The van der Waals surface area contributed by atoms with E-state index in [2.05, 4.69) is 29.1 Å². The van der Waals surface area contributed by atoms with E-state index in [-0.39, 0.29) is 5.15 Å². The van der Waals surface area contributed by atoms with Crippen molar-refractivity contribution in [2.45, 2.75) is 27.2 Å². The first-order valence-electron chi connectivity index (χ1n) is 6.35. The van der Waals surface area contributed by atoms with E-state index >= 15 is 0 Å². The largest absolute Gasteiger partial charge is 0.381 e. The van der Waals surface area contributed by atoms with Crippen LogP contribution >= 0.6 is 11.6 Å². The topological polar surface area (TPSA) is 64.1 Å². The van der Waals surface area contributed by atoms with Crippen LogP contribution in [0.3, 0.4) is 0 Å². The van der Waals surface area contributed by atoms with Crippen LogP contribution in [0.4, 0.5) is 5.82 Å². The molecule has 0 aliphatic heterocycles. The summed E-state index contributed by atoms with van der Waals surface area (Å²) in [6.45, 7) is 8.07. The fourth-order valence-corrected chi connectivity index (χ4v) is 1.74. The second-order valence-corrected chi connectivity index (χ2v) is 5.05. The van der Waals surface area contributed by atoms with Gasteiger partial charge in [-0.1, -0.05) is 25.4 Å². The number of aryl methyl sites for hydroxylation is 1. The summed E-state index contributed by atoms with van der Waals surface area (Å²) in [6.07, 6.45) is 1.51. The molecule has 0 bridgehead atoms. The van der Waals surface area contributed by atoms with Crippen LogP contribution in [0, 0.1) is 12.8 Å². The highest BCUT2D eigenvalue weighted by atomic mass is 35.5. The zero-order valence-corrected chi connectivity index (χ0v) is 12.3. The average Bonchev–Trinajstić information content (AvgIpc) is 2.32. The van der Waals surface area contributed by atoms with Gasteiger partial charge < -0.3 is 10.1 Å². The van der Waals surface area contributed by atoms with Gasteiger partial charge in [0, 0.05) is 19.8 Å². The van der Waals surface area contributed by atoms with Crippen LogP contribution in [0.1, 0.15) is 36.5 Å². The number of carbonyl (C=O) groups excluding carboxylic acids is 1. The molecule has 1 aromatic heterocycles. The van der Waals surface area contributed by atoms with Crippen molar-refractivity contribution in [1.29, 1.82) is 0 Å². The first-order chi connectivity index (χ1) is 9.04. The Bertz CT molecular complexity index is 425. The Morgan fingerprint density at radius 3 is 2.79 bits per heavy atom. The third-order valence-corrected chi connectivity index (χ3v) is 2.63. The molecule has 1 N–H and O–H groups in total. The Morgan fingerprint density at radius 2 is 2.16 bits per heavy atom. The van der Waals surface area contributed by atoms with Gasteiger partial charge in [-0.25, -0.2) is 9.97 Å². The zero-order chi connectivity index (χ0) is 14.3. The minimum atomic E-state index is 0.182. The van der Waals surface area contributed by atoms with Gasteiger partial charge in [0.25, 0.3) is 0 Å². The average molecular weight is 286 g/mol. The number of anilines is 1. The summed E-state index contributed by atoms with van der Waals surface area (Å²) >= 11 is 5.89. The maximum atomic E-state index is 10.9. The summed E-state index contributed by atoms with van der Waals surface area (Å²) in [4.78, 5) is 19.1. The van der Waals surface area contributed by atoms with Gasteiger partial charge in [-0.3, -0.25) is 4.79 Å². The van der Waals surface area contributed by atoms with Crippen LogP contribution in [0.2, 0.25) is 5.15 Å². The number of rotatable bonds is 8. The summed E-state index contributed by atoms with van der Waals surface area (Å²) in [6, 6.07) is 0. The summed E-state index contributed by atoms with van der Waals surface area (Å²) in [7, 11) is 0. The number of ether oxygens (including phenoxy) is 1. The second-order valence-electron chi connectivity index (χ2n) is 4.69. The van der Waals surface area contributed by atoms with E-state index in [9.17, 15) is 4.79 Å². The minimum Gasteiger partial charge on any atom is -0.381 e. The van der Waals surface area contributed by atoms with E-state index in [1.165, 1.54) is 0 Å². The molecule has 0 unspecified atom stereocenters. The van der Waals surface area contributed by atoms with Gasteiger partial charge >= 0.3 is 0 Å². The molecular weight excluding hydrogens is 266 g/mol. The third kappa shape index (κ3) is 5.53. The van der Waals surface area contributed by atoms with Crippen molar-refractivity contribution in [2.75, 3.05) is 25.1 Å². The van der Waals surface area contributed by atoms with Crippen molar-refractivity contribution < 1.29 is 9.53 Å². The third-order valence-electron chi connectivity index (χ3n) is 2.34. The van der Waals surface area contributed by atoms with E-state index in [0.717, 1.165) is 13.0 Å². The maximum Gasteiger partial charge on any atom is 0.156 e. The number of halogens is 1. The highest BCUT2D eigenvalue weighted by molar-refractivity contribution is 6.32. The molecular formula is C13H20ClN3O2. The summed E-state index contributed by atoms with van der Waals surface area (Å²) in [5.74, 6) is 1.56. The predicted molar refractivity (Wildman–Crippen MR) is 75.9 cm³/mol. The van der Waals surface area contributed by atoms with Gasteiger partial charge in [0.15, 0.2) is 6.29 Å². The number of hydrogen-bond donors (Lipinski definition) is 1. The Kier molecular flexibility index (Phi) is 6.73. The van der Waals surface area contributed by atoms with E-state index < -0.39 is 0 Å². The normalized spacial score (nSPS) is 10.8. The smallest absolute Gasteiger partial charge is 0.156 e. The standard InChI is InChI=1S/C13H20ClN3O2/c1-9(2)8-19-6-4-5-15-13-11(7-18)12(14)16-10(3)17-13/h7,9H,4-6,8H2,1-3H3,(H,15,16,17). The molecule has 106 valence electrons. The first kappa shape index (κ1) is 15.9. The monoisotopic (exact) mass is 285 g/mol. The number of nitrogens with zero attached hydrogens (tertiary/aromatic N) is 2. The lowest BCUT2D eigenvalue weighted by Crippen LogP contribution is -2.11. The van der Waals surface area contributed by atoms with Crippen molar-refractivity contribution in [1.82, 2.24) is 9.97 Å². The summed E-state index contributed by atoms with van der Waals surface area (Å²) < 4.78 is 5.47. The fourth-order valence-electron chi connectivity index (χ4n) is 1.49. The lowest BCUT2D eigenvalue weighted by Gasteiger charge is -2.10. The number of carbonyl (C=O) groups is 1. The van der Waals surface area contributed by atoms with Gasteiger partial charge in [-0.2, -0.15) is 0 Å². The van der Waals surface area contributed by atoms with Crippen LogP contribution in [-0.4, -0.2) is 36.0 Å². The molecule has 0 radical (unpaired) electrons. The molecule has 0 saturated carbocycles. The zero-order valence-electron chi connectivity index (χ0n) is 11.6. The molecule has 0 saturated heterocycles. The Morgan fingerprint density at radius 1 is 1.42 bits per heavy atom. The number of aldehydes is 1. The van der Waals surface area contributed by atoms with Crippen LogP contribution in [0.25, 0.3) is 0 Å². The van der Waals surface area contributed by atoms with E-state index in [1.807, 2.05) is 0 Å². The molecule has 0 spiro atoms. The van der Waals surface area contributed by atoms with Crippen molar-refractivity contribution >= 4 is 23.7 Å². The number of hydrogen-bond acceptors (Lipinski definition) is 5. The van der Waals surface area contributed by atoms with Crippen LogP contribution in [0.5, 0.6) is 0 Å². The number of aromatic nitrogens is 2. The van der Waals surface area contributed by atoms with E-state index in [0.29, 0.717) is 42.6 Å². The molecule has 0 aliphatic carbocycles. The molecule has 6 heteroatoms. The fraction of sp³-hybridized carbons (Fsp3) is 0.615. The first-order valence-corrected chi connectivity index (χ1v) is 6.73. The lowest BCUT2D eigenvalue weighted by atomic mass is 10.2. The Labute approximate surface area is 118 Å². The van der Waals surface area contributed by atoms with Gasteiger partial charge in [-0.05, 0) is 19.3 Å². The molecule has 0 aliphatic rings. The quantitative estimate of drug-likeness (QED) is 0.452. The van der Waals surface area contributed by atoms with Crippen LogP contribution < -0.4 is 5.32 Å². The molecule has 5 nitrogen and oxygen atoms in total. The SMILES string of the molecule is Cc1nc(Cl)c(C=O)c(NCCCOCC(C)C)n1. The van der Waals surface area contributed by atoms with Gasteiger partial charge in [0.2, 0.25) is 0 Å². The summed E-state index contributed by atoms with van der Waals surface area (Å²) in [5, 5.41) is 3.27. The van der Waals surface area contributed by atoms with Crippen molar-refractivity contribution in [3.8, 4) is 0 Å². The lowest BCUT2D eigenvalue weighted by molar-refractivity contribution is 0.110. The Hall–Kier alpha value is -1.20. The molecule has 1 rings (SSSR count). The number of nitrogens with one attached hydrogen (secondary N) is 1. The van der Waals surface area contributed by atoms with Crippen LogP contribution in [-0.2, 0) is 4.74 Å². The van der Waals surface area contributed by atoms with E-state index in [1.54, 1.807) is 6.92 Å². The molecule has 0 amide bonds. The highest BCUT2D eigenvalue weighted by Gasteiger charge is 2.10. The van der Waals surface area contributed by atoms with Crippen LogP contribution in [0.15, 0.2) is 0 Å². The molecule has 19 heavy (non-hydrogen) atoms.